The third-order valence-corrected chi connectivity index (χ3v) is 6.27. The Morgan fingerprint density at radius 1 is 1.06 bits per heavy atom. The molecule has 1 fully saturated rings. The number of nitrogens with one attached hydrogen (secondary N) is 1. The molecular formula is C28H31N3O2. The maximum absolute atomic E-state index is 13.1. The van der Waals surface area contributed by atoms with Gasteiger partial charge in [-0.3, -0.25) is 14.6 Å². The average Bonchev–Trinajstić information content (AvgIpc) is 2.80. The van der Waals surface area contributed by atoms with Crippen LogP contribution < -0.4 is 5.32 Å². The molecular weight excluding hydrogens is 410 g/mol. The van der Waals surface area contributed by atoms with Crippen LogP contribution in [-0.2, 0) is 11.2 Å². The normalized spacial score (nSPS) is 15.8. The molecule has 0 unspecified atom stereocenters. The van der Waals surface area contributed by atoms with Crippen LogP contribution in [0, 0.1) is 13.8 Å². The molecule has 2 heterocycles. The van der Waals surface area contributed by atoms with Crippen molar-refractivity contribution in [3.05, 3.63) is 94.3 Å². The van der Waals surface area contributed by atoms with Crippen molar-refractivity contribution in [1.29, 1.82) is 0 Å². The number of pyridine rings is 1. The van der Waals surface area contributed by atoms with E-state index in [2.05, 4.69) is 48.6 Å². The molecule has 1 N–H and O–H groups in total. The summed E-state index contributed by atoms with van der Waals surface area (Å²) >= 11 is 0. The van der Waals surface area contributed by atoms with Crippen LogP contribution in [0.15, 0.2) is 60.7 Å². The summed E-state index contributed by atoms with van der Waals surface area (Å²) in [5, 5.41) is 2.74. The summed E-state index contributed by atoms with van der Waals surface area (Å²) in [6.45, 7) is 7.10. The average molecular weight is 442 g/mol. The van der Waals surface area contributed by atoms with Crippen molar-refractivity contribution >= 4 is 17.5 Å². The molecule has 1 aliphatic heterocycles. The molecule has 0 saturated carbocycles. The van der Waals surface area contributed by atoms with E-state index < -0.39 is 0 Å². The van der Waals surface area contributed by atoms with Gasteiger partial charge in [-0.05, 0) is 86.2 Å². The molecule has 4 rings (SSSR count). The second kappa shape index (κ2) is 9.99. The quantitative estimate of drug-likeness (QED) is 0.587. The summed E-state index contributed by atoms with van der Waals surface area (Å²) in [7, 11) is 0. The molecule has 170 valence electrons. The number of hydrogen-bond acceptors (Lipinski definition) is 3. The van der Waals surface area contributed by atoms with Gasteiger partial charge in [-0.15, -0.1) is 0 Å². The van der Waals surface area contributed by atoms with Crippen molar-refractivity contribution in [1.82, 2.24) is 9.88 Å². The maximum atomic E-state index is 13.1. The second-order valence-corrected chi connectivity index (χ2v) is 8.99. The molecule has 5 nitrogen and oxygen atoms in total. The Labute approximate surface area is 195 Å². The van der Waals surface area contributed by atoms with Crippen molar-refractivity contribution in [2.45, 2.75) is 46.0 Å². The molecule has 2 aromatic carbocycles. The van der Waals surface area contributed by atoms with Gasteiger partial charge in [0.2, 0.25) is 5.91 Å². The first kappa shape index (κ1) is 22.7. The van der Waals surface area contributed by atoms with Gasteiger partial charge in [0.25, 0.3) is 5.91 Å². The third kappa shape index (κ3) is 5.67. The highest BCUT2D eigenvalue weighted by molar-refractivity contribution is 5.95. The monoisotopic (exact) mass is 441 g/mol. The summed E-state index contributed by atoms with van der Waals surface area (Å²) in [5.41, 5.74) is 7.33. The second-order valence-electron chi connectivity index (χ2n) is 8.99. The molecule has 3 aromatic rings. The SMILES string of the molecule is CC(=O)Nc1ccc(C(=O)N2CCC[C@H](c3cc(Cc4ccccc4C)cc(C)n3)C2)cc1. The number of carbonyl (C=O) groups excluding carboxylic acids is 2. The first-order valence-corrected chi connectivity index (χ1v) is 11.6. The zero-order chi connectivity index (χ0) is 23.4. The zero-order valence-electron chi connectivity index (χ0n) is 19.6. The smallest absolute Gasteiger partial charge is 0.253 e. The minimum absolute atomic E-state index is 0.0295. The van der Waals surface area contributed by atoms with E-state index >= 15 is 0 Å². The molecule has 0 radical (unpaired) electrons. The summed E-state index contributed by atoms with van der Waals surface area (Å²) in [4.78, 5) is 31.2. The molecule has 1 aromatic heterocycles. The highest BCUT2D eigenvalue weighted by atomic mass is 16.2. The first-order chi connectivity index (χ1) is 15.9. The van der Waals surface area contributed by atoms with E-state index in [4.69, 9.17) is 4.98 Å². The number of aryl methyl sites for hydroxylation is 2. The zero-order valence-corrected chi connectivity index (χ0v) is 19.6. The Balaban J connectivity index is 1.49. The molecule has 1 saturated heterocycles. The minimum Gasteiger partial charge on any atom is -0.338 e. The third-order valence-electron chi connectivity index (χ3n) is 6.27. The van der Waals surface area contributed by atoms with Crippen molar-refractivity contribution in [3.8, 4) is 0 Å². The summed E-state index contributed by atoms with van der Waals surface area (Å²) < 4.78 is 0. The van der Waals surface area contributed by atoms with Crippen LogP contribution in [0.25, 0.3) is 0 Å². The number of rotatable bonds is 5. The van der Waals surface area contributed by atoms with Crippen LogP contribution in [0.1, 0.15) is 64.1 Å². The molecule has 0 spiro atoms. The Morgan fingerprint density at radius 3 is 2.55 bits per heavy atom. The van der Waals surface area contributed by atoms with Crippen LogP contribution in [0.3, 0.4) is 0 Å². The predicted octanol–water partition coefficient (Wildman–Crippen LogP) is 5.27. The number of likely N-dealkylation sites (tertiary alicyclic amines) is 1. The Morgan fingerprint density at radius 2 is 1.82 bits per heavy atom. The number of nitrogens with zero attached hydrogens (tertiary/aromatic N) is 2. The van der Waals surface area contributed by atoms with E-state index in [1.165, 1.54) is 23.6 Å². The van der Waals surface area contributed by atoms with Crippen molar-refractivity contribution in [3.63, 3.8) is 0 Å². The number of aromatic nitrogens is 1. The van der Waals surface area contributed by atoms with E-state index in [1.54, 1.807) is 24.3 Å². The van der Waals surface area contributed by atoms with Crippen LogP contribution in [0.2, 0.25) is 0 Å². The lowest BCUT2D eigenvalue weighted by atomic mass is 9.91. The van der Waals surface area contributed by atoms with E-state index in [0.717, 1.165) is 37.2 Å². The largest absolute Gasteiger partial charge is 0.338 e. The lowest BCUT2D eigenvalue weighted by Crippen LogP contribution is -2.39. The topological polar surface area (TPSA) is 62.3 Å². The van der Waals surface area contributed by atoms with Gasteiger partial charge < -0.3 is 10.2 Å². The van der Waals surface area contributed by atoms with E-state index in [9.17, 15) is 9.59 Å². The molecule has 1 aliphatic rings. The van der Waals surface area contributed by atoms with Gasteiger partial charge >= 0.3 is 0 Å². The van der Waals surface area contributed by atoms with Crippen LogP contribution in [0.5, 0.6) is 0 Å². The number of hydrogen-bond donors (Lipinski definition) is 1. The Hall–Kier alpha value is -3.47. The van der Waals surface area contributed by atoms with Gasteiger partial charge in [0.05, 0.1) is 0 Å². The molecule has 0 bridgehead atoms. The summed E-state index contributed by atoms with van der Waals surface area (Å²) in [5.74, 6) is 0.138. The fourth-order valence-corrected chi connectivity index (χ4v) is 4.59. The lowest BCUT2D eigenvalue weighted by Gasteiger charge is -2.33. The molecule has 5 heteroatoms. The number of amides is 2. The fraction of sp³-hybridized carbons (Fsp3) is 0.321. The molecule has 33 heavy (non-hydrogen) atoms. The van der Waals surface area contributed by atoms with Gasteiger partial charge in [-0.2, -0.15) is 0 Å². The molecule has 0 aliphatic carbocycles. The standard InChI is InChI=1S/C28H31N3O2/c1-19-7-4-5-8-24(19)16-22-15-20(2)29-27(17-22)25-9-6-14-31(18-25)28(33)23-10-12-26(13-11-23)30-21(3)32/h4-5,7-8,10-13,15,17,25H,6,9,14,16,18H2,1-3H3,(H,30,32)/t25-/m0/s1. The van der Waals surface area contributed by atoms with E-state index in [-0.39, 0.29) is 17.7 Å². The highest BCUT2D eigenvalue weighted by Gasteiger charge is 2.26. The van der Waals surface area contributed by atoms with Crippen molar-refractivity contribution in [2.24, 2.45) is 0 Å². The van der Waals surface area contributed by atoms with E-state index in [1.807, 2.05) is 11.8 Å². The predicted molar refractivity (Wildman–Crippen MR) is 132 cm³/mol. The highest BCUT2D eigenvalue weighted by Crippen LogP contribution is 2.28. The first-order valence-electron chi connectivity index (χ1n) is 11.6. The van der Waals surface area contributed by atoms with E-state index in [0.29, 0.717) is 17.8 Å². The van der Waals surface area contributed by atoms with Gasteiger partial charge in [0, 0.05) is 48.6 Å². The minimum atomic E-state index is -0.125. The van der Waals surface area contributed by atoms with Crippen LogP contribution in [0.4, 0.5) is 5.69 Å². The Bertz CT molecular complexity index is 1150. The summed E-state index contributed by atoms with van der Waals surface area (Å²) in [6, 6.07) is 20.0. The lowest BCUT2D eigenvalue weighted by molar-refractivity contribution is -0.114. The Kier molecular flexibility index (Phi) is 6.87. The number of carbonyl (C=O) groups is 2. The van der Waals surface area contributed by atoms with Gasteiger partial charge in [-0.1, -0.05) is 24.3 Å². The number of piperidine rings is 1. The van der Waals surface area contributed by atoms with Gasteiger partial charge in [0.15, 0.2) is 0 Å². The molecule has 2 amide bonds. The fourth-order valence-electron chi connectivity index (χ4n) is 4.59. The van der Waals surface area contributed by atoms with Crippen LogP contribution >= 0.6 is 0 Å². The molecule has 1 atom stereocenters. The maximum Gasteiger partial charge on any atom is 0.253 e. The summed E-state index contributed by atoms with van der Waals surface area (Å²) in [6.07, 6.45) is 2.88. The number of anilines is 1. The number of benzene rings is 2. The van der Waals surface area contributed by atoms with Gasteiger partial charge in [-0.25, -0.2) is 0 Å². The van der Waals surface area contributed by atoms with Crippen molar-refractivity contribution in [2.75, 3.05) is 18.4 Å². The van der Waals surface area contributed by atoms with Crippen LogP contribution in [-0.4, -0.2) is 34.8 Å². The van der Waals surface area contributed by atoms with Crippen molar-refractivity contribution < 1.29 is 9.59 Å². The van der Waals surface area contributed by atoms with Gasteiger partial charge in [0.1, 0.15) is 0 Å².